The number of carboxylic acid groups (broad SMARTS) is 1. The van der Waals surface area contributed by atoms with Crippen molar-refractivity contribution >= 4 is 29.7 Å². The van der Waals surface area contributed by atoms with Crippen molar-refractivity contribution in [2.75, 3.05) is 13.1 Å². The molecule has 2 atom stereocenters. The van der Waals surface area contributed by atoms with Crippen LogP contribution in [0.1, 0.15) is 52.4 Å². The maximum Gasteiger partial charge on any atom is 0.326 e. The second-order valence-electron chi connectivity index (χ2n) is 6.42. The van der Waals surface area contributed by atoms with E-state index in [1.807, 2.05) is 0 Å². The third kappa shape index (κ3) is 9.86. The van der Waals surface area contributed by atoms with Gasteiger partial charge in [0.15, 0.2) is 5.96 Å². The van der Waals surface area contributed by atoms with Crippen molar-refractivity contribution in [1.29, 1.82) is 0 Å². The Morgan fingerprint density at radius 2 is 1.75 bits per heavy atom. The van der Waals surface area contributed by atoms with E-state index in [2.05, 4.69) is 10.3 Å². The Labute approximate surface area is 164 Å². The normalized spacial score (nSPS) is 12.5. The molecule has 11 heteroatoms. The van der Waals surface area contributed by atoms with Crippen LogP contribution in [0.3, 0.4) is 0 Å². The van der Waals surface area contributed by atoms with E-state index in [1.165, 1.54) is 13.8 Å². The lowest BCUT2D eigenvalue weighted by Gasteiger charge is -2.29. The number of aliphatic imine (C=N–C) groups is 1. The summed E-state index contributed by atoms with van der Waals surface area (Å²) in [4.78, 5) is 52.9. The number of hydrogen-bond donors (Lipinski definition) is 5. The van der Waals surface area contributed by atoms with Gasteiger partial charge in [-0.2, -0.15) is 0 Å². The number of nitrogens with zero attached hydrogens (tertiary/aromatic N) is 2. The second kappa shape index (κ2) is 13.5. The monoisotopic (exact) mass is 400 g/mol. The number of nitrogens with one attached hydrogen (secondary N) is 1. The predicted octanol–water partition coefficient (Wildman–Crippen LogP) is -1.11. The van der Waals surface area contributed by atoms with Crippen molar-refractivity contribution < 1.29 is 24.3 Å². The van der Waals surface area contributed by atoms with E-state index in [-0.39, 0.29) is 25.3 Å². The van der Waals surface area contributed by atoms with Crippen LogP contribution in [-0.2, 0) is 19.2 Å². The highest BCUT2D eigenvalue weighted by molar-refractivity contribution is 6.02. The molecule has 0 unspecified atom stereocenters. The quantitative estimate of drug-likeness (QED) is 0.146. The molecule has 0 aliphatic rings. The number of imide groups is 1. The SMILES string of the molecule is CC(=O)N[C@@H](CCCN=C(N)N)C(=O)N(C(=O)CCCCCN)[C@@H](C)C(=O)O. The van der Waals surface area contributed by atoms with Gasteiger partial charge >= 0.3 is 5.97 Å². The topological polar surface area (TPSA) is 194 Å². The third-order valence-corrected chi connectivity index (χ3v) is 3.97. The number of carbonyl (C=O) groups is 4. The summed E-state index contributed by atoms with van der Waals surface area (Å²) in [6.45, 7) is 3.20. The molecule has 0 rings (SSSR count). The first kappa shape index (κ1) is 25.3. The molecule has 0 aromatic rings. The van der Waals surface area contributed by atoms with Crippen LogP contribution in [0.15, 0.2) is 4.99 Å². The zero-order valence-corrected chi connectivity index (χ0v) is 16.5. The number of amides is 3. The molecule has 160 valence electrons. The lowest BCUT2D eigenvalue weighted by Crippen LogP contribution is -2.55. The molecular formula is C17H32N6O5. The number of carboxylic acids is 1. The Hall–Kier alpha value is -2.69. The van der Waals surface area contributed by atoms with E-state index in [9.17, 15) is 24.3 Å². The smallest absolute Gasteiger partial charge is 0.326 e. The average molecular weight is 400 g/mol. The van der Waals surface area contributed by atoms with Gasteiger partial charge in [-0.1, -0.05) is 6.42 Å². The Kier molecular flexibility index (Phi) is 12.2. The van der Waals surface area contributed by atoms with Gasteiger partial charge in [0.25, 0.3) is 5.91 Å². The molecule has 0 saturated carbocycles. The van der Waals surface area contributed by atoms with Gasteiger partial charge in [-0.25, -0.2) is 4.79 Å². The second-order valence-corrected chi connectivity index (χ2v) is 6.42. The number of aliphatic carboxylic acids is 1. The molecule has 0 spiro atoms. The Morgan fingerprint density at radius 1 is 1.11 bits per heavy atom. The molecule has 0 aromatic heterocycles. The number of nitrogens with two attached hydrogens (primary N) is 3. The summed E-state index contributed by atoms with van der Waals surface area (Å²) < 4.78 is 0. The Bertz CT molecular complexity index is 576. The first-order valence-electron chi connectivity index (χ1n) is 9.23. The molecule has 0 fully saturated rings. The number of rotatable bonds is 13. The summed E-state index contributed by atoms with van der Waals surface area (Å²) >= 11 is 0. The van der Waals surface area contributed by atoms with E-state index in [0.717, 1.165) is 6.42 Å². The minimum Gasteiger partial charge on any atom is -0.480 e. The van der Waals surface area contributed by atoms with Crippen molar-refractivity contribution in [3.8, 4) is 0 Å². The first-order valence-corrected chi connectivity index (χ1v) is 9.23. The van der Waals surface area contributed by atoms with E-state index >= 15 is 0 Å². The zero-order chi connectivity index (χ0) is 21.7. The van der Waals surface area contributed by atoms with Gasteiger partial charge in [-0.15, -0.1) is 0 Å². The van der Waals surface area contributed by atoms with Crippen LogP contribution in [0, 0.1) is 0 Å². The highest BCUT2D eigenvalue weighted by atomic mass is 16.4. The molecule has 0 saturated heterocycles. The Morgan fingerprint density at radius 3 is 2.25 bits per heavy atom. The van der Waals surface area contributed by atoms with Gasteiger partial charge in [0.05, 0.1) is 0 Å². The number of carbonyl (C=O) groups excluding carboxylic acids is 3. The van der Waals surface area contributed by atoms with Crippen LogP contribution in [0.2, 0.25) is 0 Å². The highest BCUT2D eigenvalue weighted by Crippen LogP contribution is 2.12. The van der Waals surface area contributed by atoms with Gasteiger partial charge in [-0.05, 0) is 39.2 Å². The van der Waals surface area contributed by atoms with Gasteiger partial charge in [0.2, 0.25) is 11.8 Å². The lowest BCUT2D eigenvalue weighted by atomic mass is 10.1. The summed E-state index contributed by atoms with van der Waals surface area (Å²) in [5, 5.41) is 11.8. The van der Waals surface area contributed by atoms with Crippen LogP contribution in [-0.4, -0.2) is 64.8 Å². The molecule has 0 aromatic carbocycles. The van der Waals surface area contributed by atoms with Crippen LogP contribution in [0.5, 0.6) is 0 Å². The van der Waals surface area contributed by atoms with Gasteiger partial charge in [0.1, 0.15) is 12.1 Å². The lowest BCUT2D eigenvalue weighted by molar-refractivity contribution is -0.158. The Balaban J connectivity index is 5.31. The minimum atomic E-state index is -1.36. The summed E-state index contributed by atoms with van der Waals surface area (Å²) in [6.07, 6.45) is 2.44. The average Bonchev–Trinajstić information content (AvgIpc) is 2.60. The molecule has 28 heavy (non-hydrogen) atoms. The van der Waals surface area contributed by atoms with Gasteiger partial charge in [0, 0.05) is 19.9 Å². The largest absolute Gasteiger partial charge is 0.480 e. The van der Waals surface area contributed by atoms with Crippen molar-refractivity contribution in [1.82, 2.24) is 10.2 Å². The molecule has 0 aliphatic heterocycles. The molecule has 11 nitrogen and oxygen atoms in total. The molecule has 0 radical (unpaired) electrons. The summed E-state index contributed by atoms with van der Waals surface area (Å²) in [5.74, 6) is -3.25. The molecular weight excluding hydrogens is 368 g/mol. The first-order chi connectivity index (χ1) is 13.1. The number of guanidine groups is 1. The summed E-state index contributed by atoms with van der Waals surface area (Å²) in [6, 6.07) is -2.41. The minimum absolute atomic E-state index is 0.0180. The van der Waals surface area contributed by atoms with Crippen molar-refractivity contribution in [2.45, 2.75) is 64.5 Å². The predicted molar refractivity (Wildman–Crippen MR) is 104 cm³/mol. The van der Waals surface area contributed by atoms with Gasteiger partial charge < -0.3 is 27.6 Å². The zero-order valence-electron chi connectivity index (χ0n) is 16.5. The molecule has 8 N–H and O–H groups in total. The molecule has 0 aliphatic carbocycles. The van der Waals surface area contributed by atoms with E-state index in [0.29, 0.717) is 30.7 Å². The standard InChI is InChI=1S/C17H32N6O5/c1-11(16(27)28)23(14(25)8-4-3-5-9-18)15(26)13(22-12(2)24)7-6-10-21-17(19)20/h11,13H,3-10,18H2,1-2H3,(H,22,24)(H,27,28)(H4,19,20,21)/t11-,13-/m0/s1. The van der Waals surface area contributed by atoms with Crippen LogP contribution in [0.4, 0.5) is 0 Å². The molecule has 3 amide bonds. The van der Waals surface area contributed by atoms with Crippen LogP contribution < -0.4 is 22.5 Å². The number of hydrogen-bond acceptors (Lipinski definition) is 6. The fourth-order valence-electron chi connectivity index (χ4n) is 2.53. The maximum atomic E-state index is 12.9. The summed E-state index contributed by atoms with van der Waals surface area (Å²) in [7, 11) is 0. The van der Waals surface area contributed by atoms with E-state index in [4.69, 9.17) is 17.2 Å². The van der Waals surface area contributed by atoms with Crippen molar-refractivity contribution in [3.63, 3.8) is 0 Å². The maximum absolute atomic E-state index is 12.9. The van der Waals surface area contributed by atoms with Crippen LogP contribution >= 0.6 is 0 Å². The van der Waals surface area contributed by atoms with E-state index < -0.39 is 35.8 Å². The molecule has 0 heterocycles. The summed E-state index contributed by atoms with van der Waals surface area (Å²) in [5.41, 5.74) is 15.9. The number of unbranched alkanes of at least 4 members (excludes halogenated alkanes) is 2. The fourth-order valence-corrected chi connectivity index (χ4v) is 2.53. The highest BCUT2D eigenvalue weighted by Gasteiger charge is 2.35. The van der Waals surface area contributed by atoms with Crippen molar-refractivity contribution in [3.05, 3.63) is 0 Å². The van der Waals surface area contributed by atoms with Gasteiger partial charge in [-0.3, -0.25) is 24.3 Å². The van der Waals surface area contributed by atoms with Crippen LogP contribution in [0.25, 0.3) is 0 Å². The third-order valence-electron chi connectivity index (χ3n) is 3.97. The van der Waals surface area contributed by atoms with Crippen molar-refractivity contribution in [2.24, 2.45) is 22.2 Å². The molecule has 0 bridgehead atoms. The fraction of sp³-hybridized carbons (Fsp3) is 0.706. The van der Waals surface area contributed by atoms with E-state index in [1.54, 1.807) is 0 Å².